The second kappa shape index (κ2) is 6.16. The van der Waals surface area contributed by atoms with Crippen LogP contribution in [0.25, 0.3) is 0 Å². The Morgan fingerprint density at radius 2 is 1.90 bits per heavy atom. The molecule has 2 atom stereocenters. The van der Waals surface area contributed by atoms with E-state index in [0.717, 1.165) is 24.7 Å². The topological polar surface area (TPSA) is 21.3 Å². The van der Waals surface area contributed by atoms with Gasteiger partial charge in [0, 0.05) is 17.8 Å². The van der Waals surface area contributed by atoms with Gasteiger partial charge in [-0.2, -0.15) is 8.78 Å². The number of rotatable bonds is 5. The van der Waals surface area contributed by atoms with Gasteiger partial charge >= 0.3 is 6.61 Å². The number of hydrogen-bond donors (Lipinski definition) is 1. The second-order valence-electron chi connectivity index (χ2n) is 6.13. The molecular formula is C16H20F3NO. The van der Waals surface area contributed by atoms with Crippen molar-refractivity contribution in [1.29, 1.82) is 0 Å². The maximum atomic E-state index is 13.7. The van der Waals surface area contributed by atoms with Crippen LogP contribution in [-0.2, 0) is 0 Å². The van der Waals surface area contributed by atoms with Gasteiger partial charge in [-0.1, -0.05) is 12.8 Å². The fraction of sp³-hybridized carbons (Fsp3) is 0.625. The lowest BCUT2D eigenvalue weighted by Crippen LogP contribution is -2.28. The van der Waals surface area contributed by atoms with E-state index in [1.807, 2.05) is 0 Å². The maximum Gasteiger partial charge on any atom is 0.387 e. The minimum atomic E-state index is -3.00. The van der Waals surface area contributed by atoms with Crippen molar-refractivity contribution < 1.29 is 17.9 Å². The molecule has 2 aliphatic rings. The van der Waals surface area contributed by atoms with Crippen molar-refractivity contribution in [2.75, 3.05) is 5.32 Å². The van der Waals surface area contributed by atoms with Crippen molar-refractivity contribution in [3.8, 4) is 5.75 Å². The summed E-state index contributed by atoms with van der Waals surface area (Å²) >= 11 is 0. The minimum absolute atomic E-state index is 0.352. The second-order valence-corrected chi connectivity index (χ2v) is 6.13. The fourth-order valence-corrected chi connectivity index (χ4v) is 3.37. The molecule has 0 spiro atoms. The number of ether oxygens (including phenoxy) is 1. The average Bonchev–Trinajstić information content (AvgIpc) is 3.26. The quantitative estimate of drug-likeness (QED) is 0.842. The van der Waals surface area contributed by atoms with Gasteiger partial charge in [-0.3, -0.25) is 0 Å². The lowest BCUT2D eigenvalue weighted by atomic mass is 9.82. The Morgan fingerprint density at radius 1 is 1.10 bits per heavy atom. The van der Waals surface area contributed by atoms with E-state index in [0.29, 0.717) is 11.7 Å². The molecule has 0 radical (unpaired) electrons. The van der Waals surface area contributed by atoms with Crippen molar-refractivity contribution in [3.63, 3.8) is 0 Å². The molecule has 0 amide bonds. The fourth-order valence-electron chi connectivity index (χ4n) is 3.37. The molecule has 2 nitrogen and oxygen atoms in total. The first-order chi connectivity index (χ1) is 10.1. The van der Waals surface area contributed by atoms with Gasteiger partial charge in [-0.25, -0.2) is 4.39 Å². The molecular weight excluding hydrogens is 279 g/mol. The molecule has 2 aliphatic carbocycles. The molecule has 1 N–H and O–H groups in total. The first kappa shape index (κ1) is 14.5. The van der Waals surface area contributed by atoms with Gasteiger partial charge in [0.1, 0.15) is 0 Å². The molecule has 116 valence electrons. The molecule has 1 aromatic rings. The molecule has 3 rings (SSSR count). The van der Waals surface area contributed by atoms with E-state index in [9.17, 15) is 13.2 Å². The predicted molar refractivity (Wildman–Crippen MR) is 75.1 cm³/mol. The highest BCUT2D eigenvalue weighted by atomic mass is 19.3. The number of halogens is 3. The van der Waals surface area contributed by atoms with Crippen molar-refractivity contribution in [2.45, 2.75) is 51.2 Å². The van der Waals surface area contributed by atoms with Gasteiger partial charge in [-0.05, 0) is 49.7 Å². The summed E-state index contributed by atoms with van der Waals surface area (Å²) in [6.45, 7) is -3.00. The normalized spacial score (nSPS) is 25.9. The number of hydrogen-bond acceptors (Lipinski definition) is 2. The Hall–Kier alpha value is -1.39. The molecule has 1 aromatic carbocycles. The summed E-state index contributed by atoms with van der Waals surface area (Å²) < 4.78 is 42.0. The average molecular weight is 299 g/mol. The number of nitrogens with one attached hydrogen (secondary N) is 1. The molecule has 0 saturated heterocycles. The van der Waals surface area contributed by atoms with E-state index in [1.165, 1.54) is 37.8 Å². The summed E-state index contributed by atoms with van der Waals surface area (Å²) in [6.07, 6.45) is 7.42. The highest BCUT2D eigenvalue weighted by Crippen LogP contribution is 2.44. The van der Waals surface area contributed by atoms with Gasteiger partial charge in [0.05, 0.1) is 0 Å². The zero-order valence-corrected chi connectivity index (χ0v) is 11.8. The molecule has 0 bridgehead atoms. The van der Waals surface area contributed by atoms with E-state index in [4.69, 9.17) is 0 Å². The van der Waals surface area contributed by atoms with E-state index < -0.39 is 18.2 Å². The molecule has 2 fully saturated rings. The van der Waals surface area contributed by atoms with Crippen LogP contribution in [-0.4, -0.2) is 12.7 Å². The molecule has 0 aromatic heterocycles. The van der Waals surface area contributed by atoms with Crippen molar-refractivity contribution in [1.82, 2.24) is 0 Å². The number of benzene rings is 1. The van der Waals surface area contributed by atoms with E-state index in [-0.39, 0.29) is 0 Å². The first-order valence-corrected chi connectivity index (χ1v) is 7.62. The predicted octanol–water partition coefficient (Wildman–Crippen LogP) is 4.81. The van der Waals surface area contributed by atoms with Crippen LogP contribution in [0.2, 0.25) is 0 Å². The van der Waals surface area contributed by atoms with Crippen LogP contribution in [0.15, 0.2) is 18.2 Å². The molecule has 2 saturated carbocycles. The van der Waals surface area contributed by atoms with Gasteiger partial charge in [-0.15, -0.1) is 0 Å². The lowest BCUT2D eigenvalue weighted by Gasteiger charge is -2.30. The van der Waals surface area contributed by atoms with Crippen LogP contribution in [0.4, 0.5) is 18.9 Å². The van der Waals surface area contributed by atoms with E-state index in [1.54, 1.807) is 6.07 Å². The summed E-state index contributed by atoms with van der Waals surface area (Å²) in [4.78, 5) is 0. The Balaban J connectivity index is 1.60. The Labute approximate surface area is 122 Å². The van der Waals surface area contributed by atoms with Crippen molar-refractivity contribution in [2.24, 2.45) is 11.8 Å². The van der Waals surface area contributed by atoms with Crippen molar-refractivity contribution in [3.05, 3.63) is 24.0 Å². The summed E-state index contributed by atoms with van der Waals surface area (Å²) in [5.74, 6) is 0.528. The zero-order chi connectivity index (χ0) is 14.8. The Kier molecular flexibility index (Phi) is 4.27. The van der Waals surface area contributed by atoms with Crippen LogP contribution in [0.3, 0.4) is 0 Å². The summed E-state index contributed by atoms with van der Waals surface area (Å²) in [7, 11) is 0. The number of anilines is 1. The molecule has 0 heterocycles. The molecule has 2 unspecified atom stereocenters. The van der Waals surface area contributed by atoms with Crippen LogP contribution < -0.4 is 10.1 Å². The summed E-state index contributed by atoms with van der Waals surface area (Å²) in [6, 6.07) is 4.44. The van der Waals surface area contributed by atoms with Gasteiger partial charge in [0.15, 0.2) is 11.6 Å². The SMILES string of the molecule is Fc1cc(NC2CCCC(C3CC3)C2)ccc1OC(F)F. The van der Waals surface area contributed by atoms with Crippen molar-refractivity contribution >= 4 is 5.69 Å². The van der Waals surface area contributed by atoms with E-state index in [2.05, 4.69) is 10.1 Å². The third kappa shape index (κ3) is 3.83. The van der Waals surface area contributed by atoms with Gasteiger partial charge in [0.25, 0.3) is 0 Å². The first-order valence-electron chi connectivity index (χ1n) is 7.62. The van der Waals surface area contributed by atoms with Gasteiger partial charge < -0.3 is 10.1 Å². The lowest BCUT2D eigenvalue weighted by molar-refractivity contribution is -0.0521. The van der Waals surface area contributed by atoms with Gasteiger partial charge in [0.2, 0.25) is 0 Å². The Morgan fingerprint density at radius 3 is 2.57 bits per heavy atom. The maximum absolute atomic E-state index is 13.7. The molecule has 5 heteroatoms. The Bertz CT molecular complexity index is 490. The smallest absolute Gasteiger partial charge is 0.387 e. The third-order valence-corrected chi connectivity index (χ3v) is 4.52. The monoisotopic (exact) mass is 299 g/mol. The largest absolute Gasteiger partial charge is 0.432 e. The third-order valence-electron chi connectivity index (χ3n) is 4.52. The van der Waals surface area contributed by atoms with Crippen LogP contribution in [0, 0.1) is 17.7 Å². The molecule has 21 heavy (non-hydrogen) atoms. The van der Waals surface area contributed by atoms with E-state index >= 15 is 0 Å². The highest BCUT2D eigenvalue weighted by Gasteiger charge is 2.34. The highest BCUT2D eigenvalue weighted by molar-refractivity contribution is 5.48. The zero-order valence-electron chi connectivity index (χ0n) is 11.8. The summed E-state index contributed by atoms with van der Waals surface area (Å²) in [5, 5.41) is 3.33. The number of alkyl halides is 2. The standard InChI is InChI=1S/C16H20F3NO/c17-14-9-13(6-7-15(14)21-16(18)19)20-12-3-1-2-11(8-12)10-4-5-10/h6-7,9-12,16,20H,1-5,8H2. The van der Waals surface area contributed by atoms with Crippen LogP contribution >= 0.6 is 0 Å². The van der Waals surface area contributed by atoms with Crippen LogP contribution in [0.5, 0.6) is 5.75 Å². The van der Waals surface area contributed by atoms with Crippen LogP contribution in [0.1, 0.15) is 38.5 Å². The molecule has 0 aliphatic heterocycles. The summed E-state index contributed by atoms with van der Waals surface area (Å²) in [5.41, 5.74) is 0.635. The minimum Gasteiger partial charge on any atom is -0.432 e.